The van der Waals surface area contributed by atoms with Crippen molar-refractivity contribution in [3.05, 3.63) is 0 Å². The zero-order valence-electron chi connectivity index (χ0n) is 44.1. The largest absolute Gasteiger partial charge is 0.359 e. The van der Waals surface area contributed by atoms with Crippen LogP contribution >= 0.6 is 0 Å². The van der Waals surface area contributed by atoms with Gasteiger partial charge in [-0.15, -0.1) is 0 Å². The molecule has 0 bridgehead atoms. The molecule has 0 aromatic carbocycles. The molecule has 4 fully saturated rings. The van der Waals surface area contributed by atoms with E-state index < -0.39 is 0 Å². The van der Waals surface area contributed by atoms with Gasteiger partial charge in [0.1, 0.15) is 0 Å². The molecule has 66 heavy (non-hydrogen) atoms. The maximum Gasteiger partial charge on any atom is 0.219 e. The average Bonchev–Trinajstić information content (AvgIpc) is 3.29. The highest BCUT2D eigenvalue weighted by Gasteiger charge is 2.17. The van der Waals surface area contributed by atoms with Gasteiger partial charge in [0, 0.05) is 176 Å². The van der Waals surface area contributed by atoms with Crippen LogP contribution in [0.15, 0.2) is 0 Å². The fraction of sp³-hybridized carbons (Fsp3) is 0.812. The molecule has 0 atom stereocenters. The van der Waals surface area contributed by atoms with E-state index in [0.29, 0.717) is 26.2 Å². The number of nitrogens with zero attached hydrogens (tertiary/aromatic N) is 8. The Kier molecular flexibility index (Phi) is 39.1. The van der Waals surface area contributed by atoms with Gasteiger partial charge in [-0.3, -0.25) is 43.2 Å². The number of hydrogen-bond donors (Lipinski definition) is 1. The predicted molar refractivity (Wildman–Crippen MR) is 262 cm³/mol. The Hall–Kier alpha value is -4.77. The molecule has 4 aliphatic rings. The smallest absolute Gasteiger partial charge is 0.219 e. The summed E-state index contributed by atoms with van der Waals surface area (Å²) in [7, 11) is 8.47. The third kappa shape index (κ3) is 37.5. The highest BCUT2D eigenvalue weighted by atomic mass is 16.2. The summed E-state index contributed by atoms with van der Waals surface area (Å²) < 4.78 is 0. The van der Waals surface area contributed by atoms with Gasteiger partial charge in [-0.05, 0) is 76.5 Å². The average molecular weight is 940 g/mol. The van der Waals surface area contributed by atoms with Crippen LogP contribution in [0.2, 0.25) is 0 Å². The van der Waals surface area contributed by atoms with Crippen LogP contribution in [-0.2, 0) is 43.2 Å². The molecule has 0 saturated carbocycles. The Bertz CT molecular complexity index is 1280. The number of likely N-dealkylation sites (tertiary alicyclic amines) is 4. The van der Waals surface area contributed by atoms with Crippen LogP contribution in [0, 0.1) is 5.92 Å². The number of rotatable bonds is 6. The Labute approximate surface area is 399 Å². The number of amides is 9. The van der Waals surface area contributed by atoms with Gasteiger partial charge in [0.25, 0.3) is 0 Å². The van der Waals surface area contributed by atoms with Crippen molar-refractivity contribution < 1.29 is 43.2 Å². The molecule has 0 spiro atoms. The van der Waals surface area contributed by atoms with Crippen molar-refractivity contribution in [3.63, 3.8) is 0 Å². The molecule has 4 rings (SSSR count). The van der Waals surface area contributed by atoms with E-state index in [-0.39, 0.29) is 53.2 Å². The topological polar surface area (TPSA) is 192 Å². The first-order valence-corrected chi connectivity index (χ1v) is 23.9. The lowest BCUT2D eigenvalue weighted by atomic mass is 9.99. The van der Waals surface area contributed by atoms with Crippen LogP contribution in [-0.4, -0.2) is 206 Å². The molecule has 4 saturated heterocycles. The number of carbonyl (C=O) groups is 9. The molecule has 0 unspecified atom stereocenters. The zero-order valence-corrected chi connectivity index (χ0v) is 44.1. The summed E-state index contributed by atoms with van der Waals surface area (Å²) in [5.41, 5.74) is 0. The van der Waals surface area contributed by atoms with E-state index >= 15 is 0 Å². The van der Waals surface area contributed by atoms with E-state index in [1.54, 1.807) is 82.5 Å². The van der Waals surface area contributed by atoms with Gasteiger partial charge in [0.2, 0.25) is 53.2 Å². The van der Waals surface area contributed by atoms with E-state index in [0.717, 1.165) is 58.3 Å². The minimum atomic E-state index is 0.00463. The predicted octanol–water partition coefficient (Wildman–Crippen LogP) is 3.96. The lowest BCUT2D eigenvalue weighted by Gasteiger charge is -2.29. The second kappa shape index (κ2) is 39.4. The second-order valence-corrected chi connectivity index (χ2v) is 17.5. The normalized spacial score (nSPS) is 15.3. The number of piperidine rings is 4. The quantitative estimate of drug-likeness (QED) is 0.411. The van der Waals surface area contributed by atoms with Crippen molar-refractivity contribution in [2.45, 2.75) is 140 Å². The lowest BCUT2D eigenvalue weighted by Crippen LogP contribution is -2.36. The molecule has 4 heterocycles. The first kappa shape index (κ1) is 65.5. The van der Waals surface area contributed by atoms with Gasteiger partial charge in [0.05, 0.1) is 0 Å². The SMILES string of the molecule is CC(=O)N(C)CCN(C)C(C)=O.CC(=O)N(C)CCN(C)C(C)=O.CC(=O)N1CCC(C)CC1.CC(=O)N1CCCCC1.CC(=O)N1CCCCC1.CC(=O)N1CCCCC1.CNC(C)=O. The van der Waals surface area contributed by atoms with Crippen LogP contribution in [0.5, 0.6) is 0 Å². The summed E-state index contributed by atoms with van der Waals surface area (Å²) in [6, 6.07) is 0. The third-order valence-electron chi connectivity index (χ3n) is 11.7. The first-order chi connectivity index (χ1) is 30.8. The monoisotopic (exact) mass is 940 g/mol. The molecule has 0 aromatic rings. The van der Waals surface area contributed by atoms with E-state index in [1.165, 1.54) is 105 Å². The molecule has 4 aliphatic heterocycles. The van der Waals surface area contributed by atoms with Crippen LogP contribution in [0.25, 0.3) is 0 Å². The maximum atomic E-state index is 10.8. The zero-order chi connectivity index (χ0) is 51.4. The second-order valence-electron chi connectivity index (χ2n) is 17.5. The van der Waals surface area contributed by atoms with Crippen LogP contribution < -0.4 is 5.32 Å². The van der Waals surface area contributed by atoms with E-state index in [2.05, 4.69) is 12.2 Å². The standard InChI is InChI=1S/2C8H16N2O2.C8H15NO.3C7H13NO.C3H7NO/c2*1-7(11)9(3)5-6-10(4)8(2)12;1-7-3-5-9(6-4-7)8(2)10;3*1-7(9)8-5-3-2-4-6-8;1-3(5)4-2/h2*5-6H2,1-4H3;7H,3-6H2,1-2H3;3*2-6H2,1H3;1-2H3,(H,4,5). The lowest BCUT2D eigenvalue weighted by molar-refractivity contribution is -0.131. The minimum Gasteiger partial charge on any atom is -0.359 e. The molecule has 0 aromatic heterocycles. The Morgan fingerprint density at radius 2 is 0.561 bits per heavy atom. The summed E-state index contributed by atoms with van der Waals surface area (Å²) in [5, 5.41) is 2.39. The fourth-order valence-electron chi connectivity index (χ4n) is 6.18. The summed E-state index contributed by atoms with van der Waals surface area (Å²) in [5.74, 6) is 1.82. The van der Waals surface area contributed by atoms with Crippen molar-refractivity contribution in [2.24, 2.45) is 5.92 Å². The molecular weight excluding hydrogens is 847 g/mol. The maximum absolute atomic E-state index is 10.8. The molecular formula is C48H93N9O9. The van der Waals surface area contributed by atoms with Gasteiger partial charge in [-0.25, -0.2) is 0 Å². The summed E-state index contributed by atoms with van der Waals surface area (Å²) in [4.78, 5) is 110. The van der Waals surface area contributed by atoms with Crippen LogP contribution in [0.4, 0.5) is 0 Å². The molecule has 9 amide bonds. The van der Waals surface area contributed by atoms with Crippen molar-refractivity contribution in [2.75, 3.05) is 114 Å². The van der Waals surface area contributed by atoms with Crippen molar-refractivity contribution in [1.82, 2.24) is 44.5 Å². The molecule has 18 heteroatoms. The first-order valence-electron chi connectivity index (χ1n) is 23.9. The number of likely N-dealkylation sites (N-methyl/N-ethyl adjacent to an activating group) is 4. The van der Waals surface area contributed by atoms with Crippen molar-refractivity contribution in [3.8, 4) is 0 Å². The summed E-state index contributed by atoms with van der Waals surface area (Å²) in [6.07, 6.45) is 13.4. The number of nitrogens with one attached hydrogen (secondary N) is 1. The molecule has 384 valence electrons. The Morgan fingerprint density at radius 1 is 0.379 bits per heavy atom. The minimum absolute atomic E-state index is 0.00463. The Balaban J connectivity index is -0.000000709. The number of carbonyl (C=O) groups excluding carboxylic acids is 9. The van der Waals surface area contributed by atoms with Gasteiger partial charge in [-0.1, -0.05) is 6.92 Å². The Morgan fingerprint density at radius 3 is 0.697 bits per heavy atom. The fourth-order valence-corrected chi connectivity index (χ4v) is 6.18. The third-order valence-corrected chi connectivity index (χ3v) is 11.7. The summed E-state index contributed by atoms with van der Waals surface area (Å²) in [6.45, 7) is 26.5. The summed E-state index contributed by atoms with van der Waals surface area (Å²) >= 11 is 0. The molecule has 18 nitrogen and oxygen atoms in total. The van der Waals surface area contributed by atoms with Gasteiger partial charge < -0.3 is 44.5 Å². The van der Waals surface area contributed by atoms with Crippen molar-refractivity contribution >= 4 is 53.2 Å². The van der Waals surface area contributed by atoms with Gasteiger partial charge >= 0.3 is 0 Å². The highest BCUT2D eigenvalue weighted by molar-refractivity contribution is 5.76. The number of hydrogen-bond acceptors (Lipinski definition) is 9. The molecule has 0 radical (unpaired) electrons. The van der Waals surface area contributed by atoms with Crippen LogP contribution in [0.3, 0.4) is 0 Å². The van der Waals surface area contributed by atoms with Crippen molar-refractivity contribution in [1.29, 1.82) is 0 Å². The highest BCUT2D eigenvalue weighted by Crippen LogP contribution is 2.15. The van der Waals surface area contributed by atoms with Gasteiger partial charge in [0.15, 0.2) is 0 Å². The molecule has 0 aliphatic carbocycles. The van der Waals surface area contributed by atoms with E-state index in [4.69, 9.17) is 0 Å². The molecule has 1 N–H and O–H groups in total. The van der Waals surface area contributed by atoms with E-state index in [9.17, 15) is 43.2 Å². The van der Waals surface area contributed by atoms with Crippen LogP contribution in [0.1, 0.15) is 140 Å². The van der Waals surface area contributed by atoms with Gasteiger partial charge in [-0.2, -0.15) is 0 Å². The van der Waals surface area contributed by atoms with E-state index in [1.807, 2.05) is 19.6 Å².